The molecule has 4 rings (SSSR count). The standard InChI is InChI=1S/C17H21N7OS/c1-23(2)9-12-10-26-14-13(12)21-15(11-7-19-17(18)20-8-11)22-16(14)24-3-5-25-6-4-24/h7-8,10H,3-6,9H2,1-2H3,(H2,18,19,20). The largest absolute Gasteiger partial charge is 0.378 e. The van der Waals surface area contributed by atoms with Gasteiger partial charge >= 0.3 is 0 Å². The summed E-state index contributed by atoms with van der Waals surface area (Å²) in [6.07, 6.45) is 3.34. The number of aromatic nitrogens is 4. The van der Waals surface area contributed by atoms with Crippen LogP contribution in [0.2, 0.25) is 0 Å². The van der Waals surface area contributed by atoms with Gasteiger partial charge in [-0.05, 0) is 19.5 Å². The highest BCUT2D eigenvalue weighted by Crippen LogP contribution is 2.34. The Hall–Kier alpha value is -2.36. The molecule has 0 amide bonds. The highest BCUT2D eigenvalue weighted by Gasteiger charge is 2.21. The van der Waals surface area contributed by atoms with Gasteiger partial charge in [0.15, 0.2) is 11.6 Å². The van der Waals surface area contributed by atoms with E-state index >= 15 is 0 Å². The number of hydrogen-bond acceptors (Lipinski definition) is 9. The highest BCUT2D eigenvalue weighted by molar-refractivity contribution is 7.18. The van der Waals surface area contributed by atoms with E-state index in [4.69, 9.17) is 20.4 Å². The number of nitrogen functional groups attached to an aromatic ring is 1. The summed E-state index contributed by atoms with van der Waals surface area (Å²) >= 11 is 1.70. The number of anilines is 2. The van der Waals surface area contributed by atoms with E-state index in [9.17, 15) is 0 Å². The molecule has 0 aromatic carbocycles. The van der Waals surface area contributed by atoms with Crippen molar-refractivity contribution < 1.29 is 4.74 Å². The molecule has 1 saturated heterocycles. The van der Waals surface area contributed by atoms with E-state index in [1.165, 1.54) is 5.56 Å². The Morgan fingerprint density at radius 1 is 1.19 bits per heavy atom. The van der Waals surface area contributed by atoms with Crippen LogP contribution in [0.3, 0.4) is 0 Å². The van der Waals surface area contributed by atoms with Crippen LogP contribution in [0.15, 0.2) is 17.8 Å². The molecule has 0 bridgehead atoms. The highest BCUT2D eigenvalue weighted by atomic mass is 32.1. The molecular weight excluding hydrogens is 350 g/mol. The van der Waals surface area contributed by atoms with E-state index in [1.54, 1.807) is 23.7 Å². The second-order valence-corrected chi connectivity index (χ2v) is 7.36. The number of hydrogen-bond donors (Lipinski definition) is 1. The SMILES string of the molecule is CN(C)Cc1csc2c(N3CCOCC3)nc(-c3cnc(N)nc3)nc12. The predicted octanol–water partition coefficient (Wildman–Crippen LogP) is 1.63. The molecule has 0 aliphatic carbocycles. The first-order valence-electron chi connectivity index (χ1n) is 8.45. The zero-order valence-corrected chi connectivity index (χ0v) is 15.7. The lowest BCUT2D eigenvalue weighted by atomic mass is 10.2. The molecule has 26 heavy (non-hydrogen) atoms. The maximum absolute atomic E-state index is 5.62. The number of rotatable bonds is 4. The van der Waals surface area contributed by atoms with Crippen molar-refractivity contribution in [1.82, 2.24) is 24.8 Å². The second-order valence-electron chi connectivity index (χ2n) is 6.48. The van der Waals surface area contributed by atoms with Gasteiger partial charge < -0.3 is 20.3 Å². The molecule has 0 spiro atoms. The molecule has 2 N–H and O–H groups in total. The van der Waals surface area contributed by atoms with E-state index in [2.05, 4.69) is 39.2 Å². The zero-order valence-electron chi connectivity index (χ0n) is 14.8. The van der Waals surface area contributed by atoms with Gasteiger partial charge in [-0.1, -0.05) is 0 Å². The topological polar surface area (TPSA) is 93.3 Å². The normalized spacial score (nSPS) is 15.1. The summed E-state index contributed by atoms with van der Waals surface area (Å²) in [5.74, 6) is 1.82. The van der Waals surface area contributed by atoms with Crippen molar-refractivity contribution in [3.05, 3.63) is 23.3 Å². The van der Waals surface area contributed by atoms with Gasteiger partial charge in [0.1, 0.15) is 0 Å². The minimum absolute atomic E-state index is 0.243. The Kier molecular flexibility index (Phi) is 4.66. The van der Waals surface area contributed by atoms with Crippen LogP contribution in [-0.2, 0) is 11.3 Å². The predicted molar refractivity (Wildman–Crippen MR) is 103 cm³/mol. The van der Waals surface area contributed by atoms with Crippen LogP contribution in [0.5, 0.6) is 0 Å². The van der Waals surface area contributed by atoms with E-state index in [0.717, 1.165) is 41.2 Å². The Balaban J connectivity index is 1.87. The summed E-state index contributed by atoms with van der Waals surface area (Å²) in [5, 5.41) is 2.17. The molecule has 3 aromatic heterocycles. The molecule has 0 atom stereocenters. The molecule has 0 radical (unpaired) electrons. The van der Waals surface area contributed by atoms with Crippen LogP contribution in [0.1, 0.15) is 5.56 Å². The van der Waals surface area contributed by atoms with Gasteiger partial charge in [-0.25, -0.2) is 19.9 Å². The van der Waals surface area contributed by atoms with Gasteiger partial charge in [-0.15, -0.1) is 11.3 Å². The first-order valence-corrected chi connectivity index (χ1v) is 9.33. The van der Waals surface area contributed by atoms with Gasteiger partial charge in [0, 0.05) is 37.6 Å². The molecule has 1 aliphatic heterocycles. The van der Waals surface area contributed by atoms with Gasteiger partial charge in [-0.2, -0.15) is 0 Å². The summed E-state index contributed by atoms with van der Waals surface area (Å²) in [6.45, 7) is 3.90. The number of nitrogens with two attached hydrogens (primary N) is 1. The van der Waals surface area contributed by atoms with Crippen LogP contribution >= 0.6 is 11.3 Å². The number of nitrogens with zero attached hydrogens (tertiary/aromatic N) is 6. The molecule has 3 aromatic rings. The van der Waals surface area contributed by atoms with E-state index in [1.807, 2.05) is 0 Å². The smallest absolute Gasteiger partial charge is 0.219 e. The molecule has 4 heterocycles. The molecule has 1 aliphatic rings. The fraction of sp³-hybridized carbons (Fsp3) is 0.412. The lowest BCUT2D eigenvalue weighted by Crippen LogP contribution is -2.36. The number of morpholine rings is 1. The Morgan fingerprint density at radius 3 is 2.62 bits per heavy atom. The molecule has 8 nitrogen and oxygen atoms in total. The summed E-state index contributed by atoms with van der Waals surface area (Å²) in [7, 11) is 4.12. The summed E-state index contributed by atoms with van der Waals surface area (Å²) in [5.41, 5.74) is 8.57. The van der Waals surface area contributed by atoms with Crippen LogP contribution in [0.25, 0.3) is 21.6 Å². The minimum Gasteiger partial charge on any atom is -0.378 e. The summed E-state index contributed by atoms with van der Waals surface area (Å²) < 4.78 is 6.61. The maximum atomic E-state index is 5.62. The zero-order chi connectivity index (χ0) is 18.1. The van der Waals surface area contributed by atoms with E-state index in [0.29, 0.717) is 19.0 Å². The van der Waals surface area contributed by atoms with Crippen LogP contribution in [-0.4, -0.2) is 65.2 Å². The van der Waals surface area contributed by atoms with Crippen LogP contribution in [0.4, 0.5) is 11.8 Å². The molecule has 136 valence electrons. The van der Waals surface area contributed by atoms with Gasteiger partial charge in [0.05, 0.1) is 29.0 Å². The van der Waals surface area contributed by atoms with Crippen molar-refractivity contribution in [3.63, 3.8) is 0 Å². The number of thiophene rings is 1. The van der Waals surface area contributed by atoms with Crippen molar-refractivity contribution in [3.8, 4) is 11.4 Å². The van der Waals surface area contributed by atoms with Crippen molar-refractivity contribution in [2.24, 2.45) is 0 Å². The molecule has 1 fully saturated rings. The van der Waals surface area contributed by atoms with Crippen molar-refractivity contribution in [2.75, 3.05) is 51.0 Å². The number of fused-ring (bicyclic) bond motifs is 1. The lowest BCUT2D eigenvalue weighted by molar-refractivity contribution is 0.122. The number of ether oxygens (including phenoxy) is 1. The summed E-state index contributed by atoms with van der Waals surface area (Å²) in [6, 6.07) is 0. The van der Waals surface area contributed by atoms with Gasteiger partial charge in [0.25, 0.3) is 0 Å². The van der Waals surface area contributed by atoms with Crippen molar-refractivity contribution >= 4 is 33.3 Å². The Labute approximate surface area is 155 Å². The molecule has 0 unspecified atom stereocenters. The van der Waals surface area contributed by atoms with Crippen molar-refractivity contribution in [2.45, 2.75) is 6.54 Å². The monoisotopic (exact) mass is 371 g/mol. The minimum atomic E-state index is 0.243. The Bertz CT molecular complexity index is 903. The second kappa shape index (κ2) is 7.10. The average Bonchev–Trinajstić information content (AvgIpc) is 3.04. The maximum Gasteiger partial charge on any atom is 0.219 e. The average molecular weight is 371 g/mol. The van der Waals surface area contributed by atoms with E-state index in [-0.39, 0.29) is 5.95 Å². The molecular formula is C17H21N7OS. The summed E-state index contributed by atoms with van der Waals surface area (Å²) in [4.78, 5) is 22.3. The van der Waals surface area contributed by atoms with Crippen LogP contribution in [0, 0.1) is 0 Å². The van der Waals surface area contributed by atoms with Crippen molar-refractivity contribution in [1.29, 1.82) is 0 Å². The van der Waals surface area contributed by atoms with Crippen LogP contribution < -0.4 is 10.6 Å². The fourth-order valence-corrected chi connectivity index (χ4v) is 3.99. The Morgan fingerprint density at radius 2 is 1.92 bits per heavy atom. The fourth-order valence-electron chi connectivity index (χ4n) is 2.98. The van der Waals surface area contributed by atoms with Gasteiger partial charge in [-0.3, -0.25) is 0 Å². The molecule has 0 saturated carbocycles. The first-order chi connectivity index (χ1) is 12.6. The van der Waals surface area contributed by atoms with Gasteiger partial charge in [0.2, 0.25) is 5.95 Å². The lowest BCUT2D eigenvalue weighted by Gasteiger charge is -2.28. The third-order valence-electron chi connectivity index (χ3n) is 4.20. The third kappa shape index (κ3) is 3.33. The quantitative estimate of drug-likeness (QED) is 0.740. The third-order valence-corrected chi connectivity index (χ3v) is 5.21. The van der Waals surface area contributed by atoms with E-state index < -0.39 is 0 Å². The first kappa shape index (κ1) is 17.1. The molecule has 9 heteroatoms.